The van der Waals surface area contributed by atoms with Crippen LogP contribution < -0.4 is 0 Å². The van der Waals surface area contributed by atoms with Crippen molar-refractivity contribution in [1.82, 2.24) is 14.5 Å². The second-order valence-electron chi connectivity index (χ2n) is 13.7. The third-order valence-corrected chi connectivity index (χ3v) is 12.2. The third kappa shape index (κ3) is 3.25. The van der Waals surface area contributed by atoms with Crippen LogP contribution in [-0.4, -0.2) is 14.5 Å². The van der Waals surface area contributed by atoms with Crippen LogP contribution >= 0.6 is 11.3 Å². The Kier molecular flexibility index (Phi) is 4.73. The molecule has 1 aliphatic rings. The highest BCUT2D eigenvalue weighted by molar-refractivity contribution is 7.26. The van der Waals surface area contributed by atoms with Gasteiger partial charge < -0.3 is 4.42 Å². The molecular weight excluding hydrogens is 643 g/mol. The first-order valence-corrected chi connectivity index (χ1v) is 18.1. The highest BCUT2D eigenvalue weighted by Crippen LogP contribution is 2.51. The average Bonchev–Trinajstić information content (AvgIpc) is 3.83. The molecule has 1 aliphatic carbocycles. The van der Waals surface area contributed by atoms with Crippen molar-refractivity contribution in [3.63, 3.8) is 0 Å². The van der Waals surface area contributed by atoms with Crippen LogP contribution in [0.1, 0.15) is 0 Å². The van der Waals surface area contributed by atoms with Gasteiger partial charge in [-0.05, 0) is 73.8 Å². The van der Waals surface area contributed by atoms with Crippen molar-refractivity contribution >= 4 is 108 Å². The summed E-state index contributed by atoms with van der Waals surface area (Å²) in [6, 6.07) is 50.2. The Morgan fingerprint density at radius 2 is 1.20 bits per heavy atom. The van der Waals surface area contributed by atoms with Crippen LogP contribution in [0, 0.1) is 0 Å². The molecule has 4 heterocycles. The van der Waals surface area contributed by atoms with E-state index in [1.807, 2.05) is 0 Å². The normalized spacial score (nSPS) is 12.7. The lowest BCUT2D eigenvalue weighted by atomic mass is 9.95. The van der Waals surface area contributed by atoms with Crippen molar-refractivity contribution in [3.05, 3.63) is 140 Å². The lowest BCUT2D eigenvalue weighted by Crippen LogP contribution is -2.03. The van der Waals surface area contributed by atoms with Crippen molar-refractivity contribution in [2.24, 2.45) is 0 Å². The molecule has 51 heavy (non-hydrogen) atoms. The number of fused-ring (bicyclic) bond motifs is 7. The van der Waals surface area contributed by atoms with E-state index >= 15 is 0 Å². The van der Waals surface area contributed by atoms with Crippen LogP contribution in [0.5, 0.6) is 0 Å². The molecule has 5 heteroatoms. The molecule has 0 atom stereocenters. The van der Waals surface area contributed by atoms with Crippen LogP contribution in [0.2, 0.25) is 0 Å². The minimum atomic E-state index is 0.832. The van der Waals surface area contributed by atoms with Gasteiger partial charge in [-0.1, -0.05) is 109 Å². The molecule has 4 nitrogen and oxygen atoms in total. The standard InChI is InChI=1S/C46H23N3OS/c1-2-9-27-23-28(16-15-24(27)7-1)42-45(48-46-43(47-42)32-19-17-25-8-3-4-11-29(25)44(32)51-46)49-33-20-18-26-10-5-12-30-31-13-6-14-35-38(31)41-36(50-35)22-21-34(49)40(41)39(33)37(26)30/h1-23H. The van der Waals surface area contributed by atoms with Crippen LogP contribution in [0.3, 0.4) is 0 Å². The summed E-state index contributed by atoms with van der Waals surface area (Å²) in [5, 5.41) is 13.2. The molecule has 12 aromatic rings. The zero-order valence-electron chi connectivity index (χ0n) is 26.9. The minimum absolute atomic E-state index is 0.832. The molecule has 0 N–H and O–H groups in total. The molecule has 0 fully saturated rings. The Morgan fingerprint density at radius 1 is 0.490 bits per heavy atom. The zero-order chi connectivity index (χ0) is 32.9. The van der Waals surface area contributed by atoms with Crippen molar-refractivity contribution in [3.8, 4) is 28.2 Å². The topological polar surface area (TPSA) is 43.9 Å². The Bertz CT molecular complexity index is 3550. The summed E-state index contributed by atoms with van der Waals surface area (Å²) in [6.07, 6.45) is 0. The van der Waals surface area contributed by atoms with Gasteiger partial charge in [-0.3, -0.25) is 4.57 Å². The van der Waals surface area contributed by atoms with Gasteiger partial charge >= 0.3 is 0 Å². The van der Waals surface area contributed by atoms with Gasteiger partial charge in [-0.2, -0.15) is 0 Å². The summed E-state index contributed by atoms with van der Waals surface area (Å²) in [5.41, 5.74) is 9.32. The third-order valence-electron chi connectivity index (χ3n) is 11.1. The lowest BCUT2D eigenvalue weighted by molar-refractivity contribution is 0.669. The van der Waals surface area contributed by atoms with Crippen LogP contribution in [0.25, 0.3) is 125 Å². The van der Waals surface area contributed by atoms with E-state index in [1.165, 1.54) is 69.7 Å². The maximum absolute atomic E-state index is 6.56. The number of benzene rings is 8. The largest absolute Gasteiger partial charge is 0.456 e. The number of nitrogens with zero attached hydrogens (tertiary/aromatic N) is 3. The van der Waals surface area contributed by atoms with Gasteiger partial charge in [0.05, 0.1) is 11.0 Å². The van der Waals surface area contributed by atoms with Gasteiger partial charge in [0, 0.05) is 37.2 Å². The van der Waals surface area contributed by atoms with Gasteiger partial charge in [0.15, 0.2) is 5.82 Å². The molecular formula is C46H23N3OS. The van der Waals surface area contributed by atoms with E-state index < -0.39 is 0 Å². The van der Waals surface area contributed by atoms with Gasteiger partial charge in [0.2, 0.25) is 0 Å². The molecule has 0 radical (unpaired) electrons. The highest BCUT2D eigenvalue weighted by atomic mass is 32.1. The summed E-state index contributed by atoms with van der Waals surface area (Å²) < 4.78 is 10.1. The zero-order valence-corrected chi connectivity index (χ0v) is 27.8. The van der Waals surface area contributed by atoms with Gasteiger partial charge in [0.1, 0.15) is 27.2 Å². The number of hydrogen-bond acceptors (Lipinski definition) is 4. The maximum Gasteiger partial charge on any atom is 0.166 e. The van der Waals surface area contributed by atoms with E-state index in [-0.39, 0.29) is 0 Å². The molecule has 4 aromatic heterocycles. The Balaban J connectivity index is 1.25. The number of furan rings is 1. The van der Waals surface area contributed by atoms with E-state index in [9.17, 15) is 0 Å². The van der Waals surface area contributed by atoms with Crippen LogP contribution in [-0.2, 0) is 0 Å². The fourth-order valence-corrected chi connectivity index (χ4v) is 10.1. The molecule has 0 aliphatic heterocycles. The fourth-order valence-electron chi connectivity index (χ4n) is 8.93. The first kappa shape index (κ1) is 26.3. The van der Waals surface area contributed by atoms with Crippen molar-refractivity contribution in [2.45, 2.75) is 0 Å². The molecule has 0 bridgehead atoms. The van der Waals surface area contributed by atoms with Gasteiger partial charge in [-0.15, -0.1) is 11.3 Å². The molecule has 0 saturated heterocycles. The molecule has 0 saturated carbocycles. The van der Waals surface area contributed by atoms with Crippen molar-refractivity contribution < 1.29 is 4.42 Å². The fraction of sp³-hybridized carbons (Fsp3) is 0. The predicted octanol–water partition coefficient (Wildman–Crippen LogP) is 12.9. The molecule has 13 rings (SSSR count). The Hall–Kier alpha value is -6.56. The van der Waals surface area contributed by atoms with Gasteiger partial charge in [-0.25, -0.2) is 9.97 Å². The smallest absolute Gasteiger partial charge is 0.166 e. The molecule has 0 spiro atoms. The maximum atomic E-state index is 6.56. The molecule has 0 unspecified atom stereocenters. The average molecular weight is 666 g/mol. The number of thiophene rings is 1. The van der Waals surface area contributed by atoms with E-state index in [4.69, 9.17) is 14.4 Å². The van der Waals surface area contributed by atoms with E-state index in [0.29, 0.717) is 0 Å². The SMILES string of the molecule is c1ccc2cc(-c3nc4c(nc3-n3c5ccc6cccc7c6c5c5c6c(ccc53)oc3cccc-7c36)sc3c5ccccc5ccc43)ccc2c1. The second kappa shape index (κ2) is 9.16. The number of hydrogen-bond donors (Lipinski definition) is 0. The first-order chi connectivity index (χ1) is 25.3. The van der Waals surface area contributed by atoms with Crippen LogP contribution in [0.4, 0.5) is 0 Å². The lowest BCUT2D eigenvalue weighted by Gasteiger charge is -2.14. The summed E-state index contributed by atoms with van der Waals surface area (Å²) in [4.78, 5) is 12.2. The Labute approximate surface area is 293 Å². The van der Waals surface area contributed by atoms with E-state index in [1.54, 1.807) is 11.3 Å². The van der Waals surface area contributed by atoms with Crippen molar-refractivity contribution in [1.29, 1.82) is 0 Å². The molecule has 8 aromatic carbocycles. The first-order valence-electron chi connectivity index (χ1n) is 17.2. The predicted molar refractivity (Wildman–Crippen MR) is 213 cm³/mol. The number of aromatic nitrogens is 3. The summed E-state index contributed by atoms with van der Waals surface area (Å²) in [7, 11) is 0. The summed E-state index contributed by atoms with van der Waals surface area (Å²) in [6.45, 7) is 0. The summed E-state index contributed by atoms with van der Waals surface area (Å²) >= 11 is 1.73. The second-order valence-corrected chi connectivity index (χ2v) is 14.7. The number of rotatable bonds is 2. The van der Waals surface area contributed by atoms with E-state index in [2.05, 4.69) is 144 Å². The van der Waals surface area contributed by atoms with Crippen molar-refractivity contribution in [2.75, 3.05) is 0 Å². The van der Waals surface area contributed by atoms with Gasteiger partial charge in [0.25, 0.3) is 0 Å². The molecule has 234 valence electrons. The quantitative estimate of drug-likeness (QED) is 0.185. The van der Waals surface area contributed by atoms with E-state index in [0.717, 1.165) is 55.0 Å². The summed E-state index contributed by atoms with van der Waals surface area (Å²) in [5.74, 6) is 0.832. The Morgan fingerprint density at radius 3 is 2.12 bits per heavy atom. The highest BCUT2D eigenvalue weighted by Gasteiger charge is 2.28. The monoisotopic (exact) mass is 665 g/mol. The van der Waals surface area contributed by atoms with Crippen LogP contribution in [0.15, 0.2) is 144 Å². The molecule has 0 amide bonds. The minimum Gasteiger partial charge on any atom is -0.456 e.